The monoisotopic (exact) mass is 486 g/mol. The number of hydrogen-bond donors (Lipinski definition) is 0. The number of carbonyl (C=O) groups is 1. The van der Waals surface area contributed by atoms with Crippen molar-refractivity contribution in [2.75, 3.05) is 4.43 Å². The smallest absolute Gasteiger partial charge is 0.338 e. The van der Waals surface area contributed by atoms with Crippen LogP contribution < -0.4 is 0 Å². The molecule has 150 valence electrons. The van der Waals surface area contributed by atoms with E-state index in [1.807, 2.05) is 38.1 Å². The number of rotatable bonds is 8. The molecule has 2 rings (SSSR count). The van der Waals surface area contributed by atoms with Crippen molar-refractivity contribution in [1.82, 2.24) is 0 Å². The summed E-state index contributed by atoms with van der Waals surface area (Å²) in [6, 6.07) is 9.07. The van der Waals surface area contributed by atoms with E-state index >= 15 is 0 Å². The van der Waals surface area contributed by atoms with Crippen LogP contribution in [0, 0.1) is 11.8 Å². The number of esters is 1. The second-order valence-corrected chi connectivity index (χ2v) is 8.92. The van der Waals surface area contributed by atoms with E-state index in [4.69, 9.17) is 14.2 Å². The number of hydrogen-bond acceptors (Lipinski definition) is 4. The Hall–Kier alpha value is -0.920. The SMILES string of the molecule is CC(C)[C@H](C)/C=C\C(OC(=O)c1ccccc1)[C@H]1OC(C)(C)O[C@H]1CCI. The minimum Gasteiger partial charge on any atom is -0.452 e. The Balaban J connectivity index is 2.24. The van der Waals surface area contributed by atoms with Crippen LogP contribution in [0.4, 0.5) is 0 Å². The van der Waals surface area contributed by atoms with Gasteiger partial charge in [0.15, 0.2) is 5.79 Å². The van der Waals surface area contributed by atoms with Crippen LogP contribution in [0.5, 0.6) is 0 Å². The predicted octanol–water partition coefficient (Wildman–Crippen LogP) is 5.41. The van der Waals surface area contributed by atoms with Gasteiger partial charge in [-0.25, -0.2) is 4.79 Å². The molecule has 0 saturated carbocycles. The van der Waals surface area contributed by atoms with Crippen LogP contribution in [-0.2, 0) is 14.2 Å². The van der Waals surface area contributed by atoms with Gasteiger partial charge in [-0.15, -0.1) is 0 Å². The third-order valence-electron chi connectivity index (χ3n) is 4.85. The Morgan fingerprint density at radius 1 is 1.19 bits per heavy atom. The molecule has 1 heterocycles. The van der Waals surface area contributed by atoms with Gasteiger partial charge in [0.1, 0.15) is 12.2 Å². The van der Waals surface area contributed by atoms with Gasteiger partial charge in [-0.3, -0.25) is 0 Å². The summed E-state index contributed by atoms with van der Waals surface area (Å²) in [5.41, 5.74) is 0.538. The summed E-state index contributed by atoms with van der Waals surface area (Å²) >= 11 is 2.34. The maximum Gasteiger partial charge on any atom is 0.338 e. The van der Waals surface area contributed by atoms with Crippen LogP contribution >= 0.6 is 22.6 Å². The zero-order valence-corrected chi connectivity index (χ0v) is 19.0. The van der Waals surface area contributed by atoms with Crippen LogP contribution in [0.25, 0.3) is 0 Å². The van der Waals surface area contributed by atoms with Gasteiger partial charge in [-0.05, 0) is 50.3 Å². The van der Waals surface area contributed by atoms with E-state index in [9.17, 15) is 4.79 Å². The highest BCUT2D eigenvalue weighted by atomic mass is 127. The van der Waals surface area contributed by atoms with Crippen molar-refractivity contribution in [3.63, 3.8) is 0 Å². The average molecular weight is 486 g/mol. The second-order valence-electron chi connectivity index (χ2n) is 7.84. The molecule has 0 aromatic heterocycles. The Morgan fingerprint density at radius 2 is 1.85 bits per heavy atom. The van der Waals surface area contributed by atoms with Gasteiger partial charge in [0, 0.05) is 4.43 Å². The summed E-state index contributed by atoms with van der Waals surface area (Å²) in [5, 5.41) is 0. The summed E-state index contributed by atoms with van der Waals surface area (Å²) in [7, 11) is 0. The molecule has 0 radical (unpaired) electrons. The molecule has 1 fully saturated rings. The van der Waals surface area contributed by atoms with Gasteiger partial charge >= 0.3 is 5.97 Å². The van der Waals surface area contributed by atoms with Crippen molar-refractivity contribution in [2.24, 2.45) is 11.8 Å². The minimum absolute atomic E-state index is 0.107. The highest BCUT2D eigenvalue weighted by Crippen LogP contribution is 2.34. The molecule has 1 aliphatic heterocycles. The molecule has 1 aromatic rings. The summed E-state index contributed by atoms with van der Waals surface area (Å²) in [6.45, 7) is 10.3. The van der Waals surface area contributed by atoms with E-state index in [0.29, 0.717) is 17.4 Å². The van der Waals surface area contributed by atoms with Crippen molar-refractivity contribution in [1.29, 1.82) is 0 Å². The summed E-state index contributed by atoms with van der Waals surface area (Å²) in [6.07, 6.45) is 4.02. The maximum absolute atomic E-state index is 12.7. The highest BCUT2D eigenvalue weighted by Gasteiger charge is 2.45. The molecule has 5 heteroatoms. The van der Waals surface area contributed by atoms with Crippen LogP contribution in [0.15, 0.2) is 42.5 Å². The Kier molecular flexibility index (Phi) is 8.31. The molecule has 0 N–H and O–H groups in total. The zero-order chi connectivity index (χ0) is 20.0. The predicted molar refractivity (Wildman–Crippen MR) is 116 cm³/mol. The topological polar surface area (TPSA) is 44.8 Å². The minimum atomic E-state index is -0.684. The van der Waals surface area contributed by atoms with Crippen molar-refractivity contribution >= 4 is 28.6 Å². The van der Waals surface area contributed by atoms with Gasteiger partial charge in [0.05, 0.1) is 11.7 Å². The molecular weight excluding hydrogens is 455 g/mol. The van der Waals surface area contributed by atoms with Gasteiger partial charge in [0.25, 0.3) is 0 Å². The molecule has 1 unspecified atom stereocenters. The maximum atomic E-state index is 12.7. The fourth-order valence-corrected chi connectivity index (χ4v) is 3.57. The van der Waals surface area contributed by atoms with Crippen LogP contribution in [0.1, 0.15) is 51.4 Å². The van der Waals surface area contributed by atoms with Gasteiger partial charge in [-0.1, -0.05) is 67.6 Å². The summed E-state index contributed by atoms with van der Waals surface area (Å²) in [5.74, 6) is -0.143. The number of ether oxygens (including phenoxy) is 3. The third kappa shape index (κ3) is 6.57. The molecule has 0 spiro atoms. The lowest BCUT2D eigenvalue weighted by atomic mass is 9.96. The first kappa shape index (κ1) is 22.4. The standard InChI is InChI=1S/C22H31IO4/c1-15(2)16(3)11-12-18(25-21(24)17-9-7-6-8-10-17)20-19(13-14-23)26-22(4,5)27-20/h6-12,15-16,18-20H,13-14H2,1-5H3/b12-11-/t16-,18?,19+,20-/m1/s1. The first-order chi connectivity index (χ1) is 12.7. The summed E-state index contributed by atoms with van der Waals surface area (Å²) in [4.78, 5) is 12.7. The van der Waals surface area contributed by atoms with E-state index < -0.39 is 11.9 Å². The lowest BCUT2D eigenvalue weighted by molar-refractivity contribution is -0.153. The van der Waals surface area contributed by atoms with Gasteiger partial charge in [-0.2, -0.15) is 0 Å². The zero-order valence-electron chi connectivity index (χ0n) is 16.9. The lowest BCUT2D eigenvalue weighted by Gasteiger charge is -2.25. The fraction of sp³-hybridized carbons (Fsp3) is 0.591. The molecule has 4 atom stereocenters. The third-order valence-corrected chi connectivity index (χ3v) is 5.47. The van der Waals surface area contributed by atoms with Crippen molar-refractivity contribution in [2.45, 2.75) is 65.1 Å². The molecule has 1 aromatic carbocycles. The quantitative estimate of drug-likeness (QED) is 0.214. The van der Waals surface area contributed by atoms with Crippen molar-refractivity contribution < 1.29 is 19.0 Å². The molecule has 27 heavy (non-hydrogen) atoms. The molecule has 0 bridgehead atoms. The van der Waals surface area contributed by atoms with E-state index in [1.165, 1.54) is 0 Å². The number of carbonyl (C=O) groups excluding carboxylic acids is 1. The van der Waals surface area contributed by atoms with Crippen LogP contribution in [0.2, 0.25) is 0 Å². The van der Waals surface area contributed by atoms with Gasteiger partial charge < -0.3 is 14.2 Å². The van der Waals surface area contributed by atoms with E-state index in [2.05, 4.69) is 49.4 Å². The van der Waals surface area contributed by atoms with Crippen LogP contribution in [-0.4, -0.2) is 34.5 Å². The van der Waals surface area contributed by atoms with E-state index in [1.54, 1.807) is 12.1 Å². The number of allylic oxidation sites excluding steroid dienone is 1. The first-order valence-electron chi connectivity index (χ1n) is 9.59. The average Bonchev–Trinajstić information content (AvgIpc) is 2.93. The van der Waals surface area contributed by atoms with E-state index in [-0.39, 0.29) is 18.2 Å². The second kappa shape index (κ2) is 10.0. The molecular formula is C22H31IO4. The molecule has 4 nitrogen and oxygen atoms in total. The fourth-order valence-electron chi connectivity index (χ4n) is 2.96. The number of halogens is 1. The van der Waals surface area contributed by atoms with Crippen molar-refractivity contribution in [3.05, 3.63) is 48.0 Å². The highest BCUT2D eigenvalue weighted by molar-refractivity contribution is 14.1. The normalized spacial score (nSPS) is 24.3. The van der Waals surface area contributed by atoms with Gasteiger partial charge in [0.2, 0.25) is 0 Å². The lowest BCUT2D eigenvalue weighted by Crippen LogP contribution is -2.38. The Bertz CT molecular complexity index is 626. The number of benzene rings is 1. The Labute approximate surface area is 176 Å². The molecule has 0 aliphatic carbocycles. The largest absolute Gasteiger partial charge is 0.452 e. The number of alkyl halides is 1. The molecule has 1 aliphatic rings. The Morgan fingerprint density at radius 3 is 2.44 bits per heavy atom. The van der Waals surface area contributed by atoms with E-state index in [0.717, 1.165) is 10.8 Å². The van der Waals surface area contributed by atoms with Crippen LogP contribution in [0.3, 0.4) is 0 Å². The summed E-state index contributed by atoms with van der Waals surface area (Å²) < 4.78 is 19.1. The van der Waals surface area contributed by atoms with Crippen molar-refractivity contribution in [3.8, 4) is 0 Å². The first-order valence-corrected chi connectivity index (χ1v) is 11.1. The molecule has 0 amide bonds. The molecule has 1 saturated heterocycles.